The van der Waals surface area contributed by atoms with Crippen LogP contribution in [0.4, 0.5) is 16.2 Å². The Kier molecular flexibility index (Phi) is 4.28. The van der Waals surface area contributed by atoms with Crippen LogP contribution in [0.1, 0.15) is 17.3 Å². The molecule has 150 valence electrons. The van der Waals surface area contributed by atoms with E-state index in [1.807, 2.05) is 0 Å². The van der Waals surface area contributed by atoms with Crippen molar-refractivity contribution >= 4 is 35.1 Å². The molecule has 2 N–H and O–H groups in total. The number of aliphatic carboxylic acids is 1. The number of pyridine rings is 3. The second kappa shape index (κ2) is 6.99. The molecule has 0 spiro atoms. The van der Waals surface area contributed by atoms with Crippen LogP contribution >= 0.6 is 11.8 Å². The maximum Gasteiger partial charge on any atom is 0.327 e. The van der Waals surface area contributed by atoms with E-state index in [-0.39, 0.29) is 0 Å². The Hall–Kier alpha value is -3.66. The number of nitrogens with zero attached hydrogens (tertiary/aromatic N) is 4. The molecular weight excluding hydrogens is 406 g/mol. The van der Waals surface area contributed by atoms with Crippen molar-refractivity contribution in [3.8, 4) is 11.6 Å². The third-order valence-electron chi connectivity index (χ3n) is 4.88. The number of hydrogen-bond acceptors (Lipinski definition) is 7. The molecule has 0 radical (unpaired) electrons. The average Bonchev–Trinajstić information content (AvgIpc) is 3.10. The highest BCUT2D eigenvalue weighted by atomic mass is 32.2. The second-order valence-electron chi connectivity index (χ2n) is 6.73. The Balaban J connectivity index is 1.53. The molecule has 0 saturated carbocycles. The van der Waals surface area contributed by atoms with Gasteiger partial charge in [-0.15, -0.1) is 0 Å². The SMILES string of the molecule is Cc1nc(Oc2cccnc2)ccc1N1C(=O)NC2c3c1ccnc3SC2C(=O)O. The quantitative estimate of drug-likeness (QED) is 0.658. The molecule has 9 nitrogen and oxygen atoms in total. The largest absolute Gasteiger partial charge is 0.480 e. The molecule has 3 aromatic rings. The van der Waals surface area contributed by atoms with E-state index in [1.165, 1.54) is 4.90 Å². The van der Waals surface area contributed by atoms with Crippen molar-refractivity contribution in [2.24, 2.45) is 0 Å². The molecule has 2 unspecified atom stereocenters. The van der Waals surface area contributed by atoms with Gasteiger partial charge < -0.3 is 15.2 Å². The monoisotopic (exact) mass is 421 g/mol. The van der Waals surface area contributed by atoms with Crippen molar-refractivity contribution < 1.29 is 19.4 Å². The molecule has 2 atom stereocenters. The van der Waals surface area contributed by atoms with Crippen molar-refractivity contribution in [1.82, 2.24) is 20.3 Å². The lowest BCUT2D eigenvalue weighted by atomic mass is 10.0. The Morgan fingerprint density at radius 1 is 1.23 bits per heavy atom. The Labute approximate surface area is 175 Å². The summed E-state index contributed by atoms with van der Waals surface area (Å²) in [7, 11) is 0. The van der Waals surface area contributed by atoms with Crippen LogP contribution in [0.15, 0.2) is 53.9 Å². The third kappa shape index (κ3) is 2.92. The molecule has 3 aromatic heterocycles. The van der Waals surface area contributed by atoms with Gasteiger partial charge in [-0.3, -0.25) is 14.7 Å². The van der Waals surface area contributed by atoms with Crippen LogP contribution in [0.25, 0.3) is 0 Å². The standard InChI is InChI=1S/C20H15N5O4S/c1-10-12(4-5-14(23-10)29-11-3-2-7-21-9-11)25-13-6-8-22-18-15(13)16(24-20(25)28)17(30-18)19(26)27/h2-9,16-17H,1H3,(H,24,28)(H,26,27). The summed E-state index contributed by atoms with van der Waals surface area (Å²) in [6.07, 6.45) is 4.81. The number of urea groups is 1. The smallest absolute Gasteiger partial charge is 0.327 e. The summed E-state index contributed by atoms with van der Waals surface area (Å²) in [5, 5.41) is 12.1. The van der Waals surface area contributed by atoms with Gasteiger partial charge in [-0.2, -0.15) is 0 Å². The molecule has 30 heavy (non-hydrogen) atoms. The normalized spacial score (nSPS) is 19.2. The van der Waals surface area contributed by atoms with E-state index in [4.69, 9.17) is 4.74 Å². The molecule has 0 bridgehead atoms. The first kappa shape index (κ1) is 18.4. The Morgan fingerprint density at radius 3 is 2.83 bits per heavy atom. The molecule has 2 aliphatic heterocycles. The van der Waals surface area contributed by atoms with E-state index >= 15 is 0 Å². The van der Waals surface area contributed by atoms with Gasteiger partial charge in [0.15, 0.2) is 0 Å². The fraction of sp³-hybridized carbons (Fsp3) is 0.150. The summed E-state index contributed by atoms with van der Waals surface area (Å²) < 4.78 is 5.71. The number of hydrogen-bond donors (Lipinski definition) is 2. The highest BCUT2D eigenvalue weighted by Crippen LogP contribution is 2.50. The fourth-order valence-electron chi connectivity index (χ4n) is 3.60. The number of aryl methyl sites for hydroxylation is 1. The number of nitrogens with one attached hydrogen (secondary N) is 1. The van der Waals surface area contributed by atoms with Crippen LogP contribution in [0, 0.1) is 6.92 Å². The first-order valence-corrected chi connectivity index (χ1v) is 9.95. The van der Waals surface area contributed by atoms with Gasteiger partial charge in [-0.25, -0.2) is 14.8 Å². The summed E-state index contributed by atoms with van der Waals surface area (Å²) in [5.74, 6) is -0.0575. The zero-order valence-electron chi connectivity index (χ0n) is 15.6. The maximum atomic E-state index is 13.0. The van der Waals surface area contributed by atoms with Crippen molar-refractivity contribution in [2.45, 2.75) is 23.2 Å². The molecular formula is C20H15N5O4S. The molecule has 2 aliphatic rings. The van der Waals surface area contributed by atoms with Gasteiger partial charge >= 0.3 is 12.0 Å². The first-order chi connectivity index (χ1) is 14.5. The minimum Gasteiger partial charge on any atom is -0.480 e. The fourth-order valence-corrected chi connectivity index (χ4v) is 4.77. The van der Waals surface area contributed by atoms with E-state index in [2.05, 4.69) is 20.3 Å². The number of rotatable bonds is 4. The summed E-state index contributed by atoms with van der Waals surface area (Å²) in [6.45, 7) is 1.78. The van der Waals surface area contributed by atoms with E-state index in [9.17, 15) is 14.7 Å². The number of carboxylic acid groups (broad SMARTS) is 1. The van der Waals surface area contributed by atoms with Crippen molar-refractivity contribution in [3.63, 3.8) is 0 Å². The number of carbonyl (C=O) groups excluding carboxylic acids is 1. The lowest BCUT2D eigenvalue weighted by molar-refractivity contribution is -0.136. The summed E-state index contributed by atoms with van der Waals surface area (Å²) in [4.78, 5) is 38.9. The predicted molar refractivity (Wildman–Crippen MR) is 108 cm³/mol. The maximum absolute atomic E-state index is 13.0. The second-order valence-corrected chi connectivity index (χ2v) is 7.86. The number of carboxylic acids is 1. The molecule has 0 saturated heterocycles. The van der Waals surface area contributed by atoms with Gasteiger partial charge in [-0.05, 0) is 31.2 Å². The van der Waals surface area contributed by atoms with Gasteiger partial charge in [0.25, 0.3) is 0 Å². The molecule has 5 rings (SSSR count). The van der Waals surface area contributed by atoms with Crippen LogP contribution in [0.3, 0.4) is 0 Å². The third-order valence-corrected chi connectivity index (χ3v) is 6.16. The number of carbonyl (C=O) groups is 2. The molecule has 2 amide bonds. The predicted octanol–water partition coefficient (Wildman–Crippen LogP) is 3.43. The Morgan fingerprint density at radius 2 is 2.10 bits per heavy atom. The lowest BCUT2D eigenvalue weighted by Gasteiger charge is -2.34. The topological polar surface area (TPSA) is 118 Å². The van der Waals surface area contributed by atoms with Crippen molar-refractivity contribution in [3.05, 3.63) is 60.2 Å². The highest BCUT2D eigenvalue weighted by Gasteiger charge is 2.46. The number of amides is 2. The van der Waals surface area contributed by atoms with E-state index in [1.54, 1.807) is 55.8 Å². The number of ether oxygens (including phenoxy) is 1. The van der Waals surface area contributed by atoms with Crippen molar-refractivity contribution in [2.75, 3.05) is 4.90 Å². The molecule has 0 fully saturated rings. The van der Waals surface area contributed by atoms with E-state index in [0.717, 1.165) is 11.8 Å². The number of aromatic nitrogens is 3. The summed E-state index contributed by atoms with van der Waals surface area (Å²) >= 11 is 1.14. The molecule has 0 aromatic carbocycles. The molecule has 5 heterocycles. The van der Waals surface area contributed by atoms with Crippen LogP contribution in [0.5, 0.6) is 11.6 Å². The number of thioether (sulfide) groups is 1. The zero-order chi connectivity index (χ0) is 20.8. The van der Waals surface area contributed by atoms with Crippen LogP contribution in [0.2, 0.25) is 0 Å². The lowest BCUT2D eigenvalue weighted by Crippen LogP contribution is -2.47. The van der Waals surface area contributed by atoms with Gasteiger partial charge in [-0.1, -0.05) is 11.8 Å². The first-order valence-electron chi connectivity index (χ1n) is 9.07. The van der Waals surface area contributed by atoms with Crippen LogP contribution in [-0.2, 0) is 4.79 Å². The zero-order valence-corrected chi connectivity index (χ0v) is 16.5. The van der Waals surface area contributed by atoms with Gasteiger partial charge in [0.05, 0.1) is 29.3 Å². The average molecular weight is 421 g/mol. The van der Waals surface area contributed by atoms with E-state index < -0.39 is 23.3 Å². The minimum atomic E-state index is -0.988. The van der Waals surface area contributed by atoms with E-state index in [0.29, 0.717) is 39.3 Å². The Bertz CT molecular complexity index is 1170. The van der Waals surface area contributed by atoms with Crippen molar-refractivity contribution in [1.29, 1.82) is 0 Å². The van der Waals surface area contributed by atoms with Gasteiger partial charge in [0, 0.05) is 24.0 Å². The molecule has 10 heteroatoms. The minimum absolute atomic E-state index is 0.376. The van der Waals surface area contributed by atoms with Crippen LogP contribution < -0.4 is 15.0 Å². The van der Waals surface area contributed by atoms with Crippen LogP contribution in [-0.4, -0.2) is 37.3 Å². The summed E-state index contributed by atoms with van der Waals surface area (Å²) in [5.41, 5.74) is 2.47. The van der Waals surface area contributed by atoms with Gasteiger partial charge in [0.2, 0.25) is 5.88 Å². The molecule has 0 aliphatic carbocycles. The summed E-state index contributed by atoms with van der Waals surface area (Å²) in [6, 6.07) is 7.63. The number of anilines is 2. The highest BCUT2D eigenvalue weighted by molar-refractivity contribution is 8.00. The van der Waals surface area contributed by atoms with Gasteiger partial charge in [0.1, 0.15) is 16.0 Å².